The first-order chi connectivity index (χ1) is 11.1. The van der Waals surface area contributed by atoms with Crippen molar-refractivity contribution < 1.29 is 22.7 Å². The summed E-state index contributed by atoms with van der Waals surface area (Å²) in [5, 5.41) is 5.63. The van der Waals surface area contributed by atoms with Crippen molar-refractivity contribution in [3.8, 4) is 0 Å². The van der Waals surface area contributed by atoms with Crippen LogP contribution in [0.1, 0.15) is 23.3 Å². The van der Waals surface area contributed by atoms with Gasteiger partial charge in [-0.3, -0.25) is 4.79 Å². The van der Waals surface area contributed by atoms with E-state index in [2.05, 4.69) is 28.2 Å². The van der Waals surface area contributed by atoms with Gasteiger partial charge in [0, 0.05) is 25.7 Å². The summed E-state index contributed by atoms with van der Waals surface area (Å²) >= 11 is 4.37. The van der Waals surface area contributed by atoms with Crippen LogP contribution in [0.5, 0.6) is 0 Å². The highest BCUT2D eigenvalue weighted by Crippen LogP contribution is 2.41. The standard InChI is InChI=1S/C14H19F3N4O2S/c1-21-6-3-12(8-21,14(15,16)17)23-7-4-13(24)19-9-2-5-18-10(9)11(22)20-13/h2,5,18-19,24H,3-4,6-8H2,1H3,(H,20,22). The molecule has 1 aromatic heterocycles. The highest BCUT2D eigenvalue weighted by Gasteiger charge is 2.58. The van der Waals surface area contributed by atoms with E-state index in [4.69, 9.17) is 4.74 Å². The van der Waals surface area contributed by atoms with Gasteiger partial charge in [0.25, 0.3) is 5.91 Å². The molecule has 6 nitrogen and oxygen atoms in total. The van der Waals surface area contributed by atoms with Crippen LogP contribution in [0.25, 0.3) is 0 Å². The van der Waals surface area contributed by atoms with Crippen molar-refractivity contribution in [2.24, 2.45) is 0 Å². The first kappa shape index (κ1) is 17.4. The molecule has 0 saturated carbocycles. The Balaban J connectivity index is 1.64. The monoisotopic (exact) mass is 364 g/mol. The van der Waals surface area contributed by atoms with Gasteiger partial charge in [-0.2, -0.15) is 13.2 Å². The van der Waals surface area contributed by atoms with Gasteiger partial charge in [-0.25, -0.2) is 0 Å². The van der Waals surface area contributed by atoms with E-state index in [1.54, 1.807) is 24.2 Å². The van der Waals surface area contributed by atoms with E-state index in [9.17, 15) is 18.0 Å². The van der Waals surface area contributed by atoms with Crippen LogP contribution in [0, 0.1) is 0 Å². The maximum Gasteiger partial charge on any atom is 0.418 e. The highest BCUT2D eigenvalue weighted by atomic mass is 32.1. The van der Waals surface area contributed by atoms with Gasteiger partial charge in [0.05, 0.1) is 12.3 Å². The number of aromatic nitrogens is 1. The summed E-state index contributed by atoms with van der Waals surface area (Å²) in [6.07, 6.45) is -2.87. The zero-order valence-electron chi connectivity index (χ0n) is 13.0. The third-order valence-electron chi connectivity index (χ3n) is 4.42. The van der Waals surface area contributed by atoms with E-state index in [-0.39, 0.29) is 31.9 Å². The van der Waals surface area contributed by atoms with Crippen LogP contribution in [0.15, 0.2) is 12.3 Å². The predicted octanol–water partition coefficient (Wildman–Crippen LogP) is 1.80. The Kier molecular flexibility index (Phi) is 4.25. The molecule has 10 heteroatoms. The van der Waals surface area contributed by atoms with Crippen molar-refractivity contribution in [2.45, 2.75) is 29.6 Å². The molecule has 0 bridgehead atoms. The van der Waals surface area contributed by atoms with Crippen LogP contribution >= 0.6 is 12.6 Å². The van der Waals surface area contributed by atoms with E-state index in [1.165, 1.54) is 0 Å². The lowest BCUT2D eigenvalue weighted by Gasteiger charge is -2.37. The number of halogens is 3. The minimum Gasteiger partial charge on any atom is -0.364 e. The number of hydrogen-bond donors (Lipinski definition) is 4. The van der Waals surface area contributed by atoms with Gasteiger partial charge in [-0.1, -0.05) is 0 Å². The number of rotatable bonds is 4. The Morgan fingerprint density at radius 1 is 1.42 bits per heavy atom. The zero-order chi connectivity index (χ0) is 17.6. The number of alkyl halides is 3. The number of likely N-dealkylation sites (tertiary alicyclic amines) is 1. The first-order valence-electron chi connectivity index (χ1n) is 7.54. The molecule has 0 aromatic carbocycles. The minimum absolute atomic E-state index is 0.0774. The molecule has 0 aliphatic carbocycles. The quantitative estimate of drug-likeness (QED) is 0.615. The van der Waals surface area contributed by atoms with Crippen molar-refractivity contribution in [2.75, 3.05) is 32.1 Å². The molecule has 24 heavy (non-hydrogen) atoms. The van der Waals surface area contributed by atoms with Crippen molar-refractivity contribution >= 4 is 24.2 Å². The molecule has 3 N–H and O–H groups in total. The lowest BCUT2D eigenvalue weighted by Crippen LogP contribution is -2.55. The van der Waals surface area contributed by atoms with E-state index >= 15 is 0 Å². The van der Waals surface area contributed by atoms with Crippen LogP contribution in [0.2, 0.25) is 0 Å². The molecule has 2 aliphatic heterocycles. The molecule has 2 aliphatic rings. The zero-order valence-corrected chi connectivity index (χ0v) is 13.9. The number of ether oxygens (including phenoxy) is 1. The van der Waals surface area contributed by atoms with Gasteiger partial charge in [-0.05, 0) is 19.5 Å². The molecular weight excluding hydrogens is 345 g/mol. The molecule has 1 amide bonds. The number of thiol groups is 1. The molecule has 3 rings (SSSR count). The summed E-state index contributed by atoms with van der Waals surface area (Å²) in [7, 11) is 1.63. The number of likely N-dealkylation sites (N-methyl/N-ethyl adjacent to an activating group) is 1. The smallest absolute Gasteiger partial charge is 0.364 e. The molecule has 3 heterocycles. The highest BCUT2D eigenvalue weighted by molar-refractivity contribution is 7.81. The summed E-state index contributed by atoms with van der Waals surface area (Å²) in [5.41, 5.74) is -1.24. The molecular formula is C14H19F3N4O2S. The van der Waals surface area contributed by atoms with E-state index in [0.29, 0.717) is 17.9 Å². The minimum atomic E-state index is -4.45. The second kappa shape index (κ2) is 5.85. The second-order valence-electron chi connectivity index (χ2n) is 6.28. The second-order valence-corrected chi connectivity index (χ2v) is 7.05. The number of aromatic amines is 1. The summed E-state index contributed by atoms with van der Waals surface area (Å²) in [4.78, 5) is 15.2. The Hall–Kier alpha value is -1.39. The number of fused-ring (bicyclic) bond motifs is 1. The molecule has 134 valence electrons. The van der Waals surface area contributed by atoms with Crippen molar-refractivity contribution in [3.63, 3.8) is 0 Å². The summed E-state index contributed by atoms with van der Waals surface area (Å²) in [6.45, 7) is -0.0606. The molecule has 2 atom stereocenters. The Morgan fingerprint density at radius 3 is 2.79 bits per heavy atom. The van der Waals surface area contributed by atoms with Gasteiger partial charge >= 0.3 is 6.18 Å². The number of hydrogen-bond acceptors (Lipinski definition) is 5. The number of amides is 1. The van der Waals surface area contributed by atoms with Crippen LogP contribution in [-0.2, 0) is 4.74 Å². The SMILES string of the molecule is CN1CCC(OCCC2(S)NC(=O)c3[nH]ccc3N2)(C(F)(F)F)C1. The molecule has 1 saturated heterocycles. The molecule has 1 aromatic rings. The number of H-pyrrole nitrogens is 1. The molecule has 0 radical (unpaired) electrons. The number of nitrogens with zero attached hydrogens (tertiary/aromatic N) is 1. The average Bonchev–Trinajstić information content (AvgIpc) is 3.05. The lowest BCUT2D eigenvalue weighted by molar-refractivity contribution is -0.272. The van der Waals surface area contributed by atoms with E-state index in [0.717, 1.165) is 0 Å². The topological polar surface area (TPSA) is 69.4 Å². The number of anilines is 1. The third kappa shape index (κ3) is 3.09. The first-order valence-corrected chi connectivity index (χ1v) is 7.99. The van der Waals surface area contributed by atoms with Crippen molar-refractivity contribution in [3.05, 3.63) is 18.0 Å². The van der Waals surface area contributed by atoms with Crippen LogP contribution < -0.4 is 10.6 Å². The van der Waals surface area contributed by atoms with E-state index in [1.807, 2.05) is 0 Å². The maximum absolute atomic E-state index is 13.4. The Bertz CT molecular complexity index is 638. The third-order valence-corrected chi connectivity index (χ3v) is 4.86. The average molecular weight is 364 g/mol. The van der Waals surface area contributed by atoms with Crippen LogP contribution in [0.3, 0.4) is 0 Å². The van der Waals surface area contributed by atoms with E-state index < -0.39 is 16.8 Å². The number of carbonyl (C=O) groups is 1. The van der Waals surface area contributed by atoms with Gasteiger partial charge < -0.3 is 25.3 Å². The number of carbonyl (C=O) groups excluding carboxylic acids is 1. The fraction of sp³-hybridized carbons (Fsp3) is 0.643. The van der Waals surface area contributed by atoms with Gasteiger partial charge in [0.1, 0.15) is 5.69 Å². The fourth-order valence-corrected chi connectivity index (χ4v) is 3.39. The largest absolute Gasteiger partial charge is 0.418 e. The van der Waals surface area contributed by atoms with Gasteiger partial charge in [-0.15, -0.1) is 12.6 Å². The van der Waals surface area contributed by atoms with Crippen LogP contribution in [-0.4, -0.2) is 59.3 Å². The Morgan fingerprint density at radius 2 is 2.17 bits per heavy atom. The summed E-state index contributed by atoms with van der Waals surface area (Å²) in [6, 6.07) is 1.67. The molecule has 2 unspecified atom stereocenters. The van der Waals surface area contributed by atoms with Gasteiger partial charge in [0.15, 0.2) is 10.6 Å². The lowest BCUT2D eigenvalue weighted by atomic mass is 10.0. The van der Waals surface area contributed by atoms with Crippen molar-refractivity contribution in [1.82, 2.24) is 15.2 Å². The van der Waals surface area contributed by atoms with Crippen LogP contribution in [0.4, 0.5) is 18.9 Å². The van der Waals surface area contributed by atoms with Crippen molar-refractivity contribution in [1.29, 1.82) is 0 Å². The Labute approximate surface area is 142 Å². The summed E-state index contributed by atoms with van der Waals surface area (Å²) in [5.74, 6) is -0.366. The normalized spacial score (nSPS) is 30.8. The fourth-order valence-electron chi connectivity index (χ4n) is 3.08. The predicted molar refractivity (Wildman–Crippen MR) is 85.1 cm³/mol. The summed E-state index contributed by atoms with van der Waals surface area (Å²) < 4.78 is 45.5. The maximum atomic E-state index is 13.4. The van der Waals surface area contributed by atoms with Gasteiger partial charge in [0.2, 0.25) is 0 Å². The molecule has 1 fully saturated rings. The number of nitrogens with one attached hydrogen (secondary N) is 3. The molecule has 0 spiro atoms.